The van der Waals surface area contributed by atoms with E-state index < -0.39 is 11.6 Å². The van der Waals surface area contributed by atoms with Crippen molar-refractivity contribution in [1.29, 1.82) is 0 Å². The second-order valence-corrected chi connectivity index (χ2v) is 5.22. The molecule has 1 N–H and O–H groups in total. The highest BCUT2D eigenvalue weighted by Crippen LogP contribution is 2.14. The number of nitrogens with zero attached hydrogens (tertiary/aromatic N) is 2. The molecule has 0 aliphatic rings. The number of rotatable bonds is 7. The predicted molar refractivity (Wildman–Crippen MR) is 78.9 cm³/mol. The van der Waals surface area contributed by atoms with Gasteiger partial charge in [0.05, 0.1) is 6.54 Å². The quantitative estimate of drug-likeness (QED) is 0.849. The largest absolute Gasteiger partial charge is 0.334 e. The van der Waals surface area contributed by atoms with Crippen molar-refractivity contribution >= 4 is 0 Å². The summed E-state index contributed by atoms with van der Waals surface area (Å²) in [6, 6.07) is 3.93. The summed E-state index contributed by atoms with van der Waals surface area (Å²) < 4.78 is 29.3. The third kappa shape index (κ3) is 4.11. The van der Waals surface area contributed by atoms with Crippen LogP contribution >= 0.6 is 0 Å². The maximum Gasteiger partial charge on any atom is 0.129 e. The fraction of sp³-hybridized carbons (Fsp3) is 0.438. The number of hydrogen-bond acceptors (Lipinski definition) is 2. The third-order valence-electron chi connectivity index (χ3n) is 3.45. The van der Waals surface area contributed by atoms with E-state index in [1.165, 1.54) is 18.2 Å². The smallest absolute Gasteiger partial charge is 0.129 e. The lowest BCUT2D eigenvalue weighted by molar-refractivity contribution is 0.485. The average Bonchev–Trinajstić information content (AvgIpc) is 2.89. The Bertz CT molecular complexity index is 560. The Kier molecular flexibility index (Phi) is 5.44. The molecule has 1 atom stereocenters. The molecule has 1 heterocycles. The number of aryl methyl sites for hydroxylation is 1. The molecule has 2 rings (SSSR count). The minimum atomic E-state index is -0.490. The Hall–Kier alpha value is -1.75. The molecule has 1 unspecified atom stereocenters. The summed E-state index contributed by atoms with van der Waals surface area (Å²) in [5, 5.41) is 3.27. The van der Waals surface area contributed by atoms with Crippen LogP contribution in [0.15, 0.2) is 30.6 Å². The van der Waals surface area contributed by atoms with Crippen LogP contribution < -0.4 is 5.32 Å². The van der Waals surface area contributed by atoms with Gasteiger partial charge in [0, 0.05) is 30.5 Å². The maximum atomic E-state index is 13.6. The summed E-state index contributed by atoms with van der Waals surface area (Å²) in [6.07, 6.45) is 5.07. The topological polar surface area (TPSA) is 29.9 Å². The molecule has 21 heavy (non-hydrogen) atoms. The van der Waals surface area contributed by atoms with E-state index in [4.69, 9.17) is 0 Å². The van der Waals surface area contributed by atoms with Gasteiger partial charge < -0.3 is 9.88 Å². The molecular weight excluding hydrogens is 272 g/mol. The van der Waals surface area contributed by atoms with Crippen molar-refractivity contribution in [3.8, 4) is 0 Å². The van der Waals surface area contributed by atoms with Gasteiger partial charge in [0.25, 0.3) is 0 Å². The molecule has 0 aliphatic carbocycles. The molecule has 1 aromatic carbocycles. The first-order valence-electron chi connectivity index (χ1n) is 7.28. The summed E-state index contributed by atoms with van der Waals surface area (Å²) in [5.41, 5.74) is 0.134. The first-order valence-corrected chi connectivity index (χ1v) is 7.28. The Balaban J connectivity index is 1.93. The van der Waals surface area contributed by atoms with Crippen LogP contribution in [0.25, 0.3) is 0 Å². The fourth-order valence-corrected chi connectivity index (χ4v) is 2.32. The van der Waals surface area contributed by atoms with Crippen LogP contribution in [0.3, 0.4) is 0 Å². The molecule has 0 bridgehead atoms. The van der Waals surface area contributed by atoms with Gasteiger partial charge in [0.15, 0.2) is 0 Å². The molecule has 0 saturated carbocycles. The van der Waals surface area contributed by atoms with E-state index in [2.05, 4.69) is 21.8 Å². The van der Waals surface area contributed by atoms with Crippen molar-refractivity contribution in [3.05, 3.63) is 53.6 Å². The van der Waals surface area contributed by atoms with Crippen LogP contribution in [0.5, 0.6) is 0 Å². The van der Waals surface area contributed by atoms with Crippen molar-refractivity contribution in [2.75, 3.05) is 0 Å². The minimum Gasteiger partial charge on any atom is -0.334 e. The number of aromatic nitrogens is 2. The molecule has 114 valence electrons. The van der Waals surface area contributed by atoms with Crippen LogP contribution in [-0.4, -0.2) is 15.6 Å². The molecule has 3 nitrogen and oxygen atoms in total. The zero-order valence-corrected chi connectivity index (χ0v) is 12.4. The second-order valence-electron chi connectivity index (χ2n) is 5.22. The third-order valence-corrected chi connectivity index (χ3v) is 3.45. The van der Waals surface area contributed by atoms with Crippen LogP contribution in [0.2, 0.25) is 0 Å². The lowest BCUT2D eigenvalue weighted by Gasteiger charge is -2.15. The van der Waals surface area contributed by atoms with E-state index in [-0.39, 0.29) is 11.6 Å². The zero-order chi connectivity index (χ0) is 15.2. The summed E-state index contributed by atoms with van der Waals surface area (Å²) in [5.74, 6) is -0.0371. The van der Waals surface area contributed by atoms with E-state index in [1.807, 2.05) is 13.1 Å². The van der Waals surface area contributed by atoms with Gasteiger partial charge in [-0.1, -0.05) is 13.0 Å². The zero-order valence-electron chi connectivity index (χ0n) is 12.4. The van der Waals surface area contributed by atoms with E-state index >= 15 is 0 Å². The molecule has 0 radical (unpaired) electrons. The van der Waals surface area contributed by atoms with Crippen molar-refractivity contribution in [2.45, 2.75) is 45.8 Å². The summed E-state index contributed by atoms with van der Waals surface area (Å²) >= 11 is 0. The van der Waals surface area contributed by atoms with Gasteiger partial charge in [-0.25, -0.2) is 13.8 Å². The molecule has 0 spiro atoms. The predicted octanol–water partition coefficient (Wildman–Crippen LogP) is 3.29. The lowest BCUT2D eigenvalue weighted by Crippen LogP contribution is -2.29. The van der Waals surface area contributed by atoms with E-state index in [1.54, 1.807) is 6.20 Å². The molecular formula is C16H21F2N3. The molecule has 2 aromatic rings. The first kappa shape index (κ1) is 15.6. The highest BCUT2D eigenvalue weighted by atomic mass is 19.1. The van der Waals surface area contributed by atoms with E-state index in [0.29, 0.717) is 13.0 Å². The summed E-state index contributed by atoms with van der Waals surface area (Å²) in [7, 11) is 0. The number of imidazole rings is 1. The highest BCUT2D eigenvalue weighted by molar-refractivity contribution is 5.20. The Morgan fingerprint density at radius 1 is 1.29 bits per heavy atom. The SMILES string of the molecule is CCCn1ccnc1CNC(C)Cc1c(F)cccc1F. The normalized spacial score (nSPS) is 12.6. The van der Waals surface area contributed by atoms with Crippen LogP contribution in [0.1, 0.15) is 31.7 Å². The van der Waals surface area contributed by atoms with Gasteiger partial charge in [-0.3, -0.25) is 0 Å². The minimum absolute atomic E-state index is 0.0387. The molecule has 0 aliphatic heterocycles. The van der Waals surface area contributed by atoms with Gasteiger partial charge in [0.2, 0.25) is 0 Å². The summed E-state index contributed by atoms with van der Waals surface area (Å²) in [6.45, 7) is 5.54. The number of nitrogens with one attached hydrogen (secondary N) is 1. The summed E-state index contributed by atoms with van der Waals surface area (Å²) in [4.78, 5) is 4.30. The van der Waals surface area contributed by atoms with Crippen molar-refractivity contribution in [2.24, 2.45) is 0 Å². The van der Waals surface area contributed by atoms with Gasteiger partial charge in [-0.05, 0) is 31.9 Å². The Morgan fingerprint density at radius 3 is 2.67 bits per heavy atom. The van der Waals surface area contributed by atoms with Crippen LogP contribution in [-0.2, 0) is 19.5 Å². The fourth-order valence-electron chi connectivity index (χ4n) is 2.32. The number of hydrogen-bond donors (Lipinski definition) is 1. The molecule has 1 aromatic heterocycles. The Morgan fingerprint density at radius 2 is 2.00 bits per heavy atom. The monoisotopic (exact) mass is 293 g/mol. The lowest BCUT2D eigenvalue weighted by atomic mass is 10.1. The van der Waals surface area contributed by atoms with Gasteiger partial charge >= 0.3 is 0 Å². The molecule has 0 amide bonds. The van der Waals surface area contributed by atoms with Crippen molar-refractivity contribution in [3.63, 3.8) is 0 Å². The second kappa shape index (κ2) is 7.31. The number of benzene rings is 1. The van der Waals surface area contributed by atoms with Crippen LogP contribution in [0.4, 0.5) is 8.78 Å². The number of halogens is 2. The van der Waals surface area contributed by atoms with Gasteiger partial charge in [-0.15, -0.1) is 0 Å². The Labute approximate surface area is 124 Å². The average molecular weight is 293 g/mol. The maximum absolute atomic E-state index is 13.6. The highest BCUT2D eigenvalue weighted by Gasteiger charge is 2.13. The van der Waals surface area contributed by atoms with Crippen LogP contribution in [0, 0.1) is 11.6 Å². The molecule has 0 fully saturated rings. The molecule has 0 saturated heterocycles. The van der Waals surface area contributed by atoms with E-state index in [9.17, 15) is 8.78 Å². The van der Waals surface area contributed by atoms with E-state index in [0.717, 1.165) is 18.8 Å². The van der Waals surface area contributed by atoms with Crippen molar-refractivity contribution in [1.82, 2.24) is 14.9 Å². The standard InChI is InChI=1S/C16H21F2N3/c1-3-8-21-9-7-19-16(21)11-20-12(2)10-13-14(17)5-4-6-15(13)18/h4-7,9,12,20H,3,8,10-11H2,1-2H3. The molecule has 5 heteroatoms. The van der Waals surface area contributed by atoms with Crippen molar-refractivity contribution < 1.29 is 8.78 Å². The van der Waals surface area contributed by atoms with Gasteiger partial charge in [-0.2, -0.15) is 0 Å². The van der Waals surface area contributed by atoms with Gasteiger partial charge in [0.1, 0.15) is 17.5 Å². The first-order chi connectivity index (χ1) is 10.1.